The maximum absolute atomic E-state index is 6.11. The Kier molecular flexibility index (Phi) is 5.67. The van der Waals surface area contributed by atoms with Gasteiger partial charge in [-0.1, -0.05) is 24.6 Å². The van der Waals surface area contributed by atoms with Crippen LogP contribution < -0.4 is 5.73 Å². The summed E-state index contributed by atoms with van der Waals surface area (Å²) in [7, 11) is 0. The Morgan fingerprint density at radius 2 is 1.96 bits per heavy atom. The molecule has 0 aliphatic heterocycles. The van der Waals surface area contributed by atoms with Crippen LogP contribution in [0, 0.1) is 12.8 Å². The monoisotopic (exact) mass is 380 g/mol. The maximum Gasteiger partial charge on any atom is 0.151 e. The highest BCUT2D eigenvalue weighted by atomic mass is 32.2. The number of unbranched alkanes of at least 4 members (excludes halogenated alkanes) is 2. The van der Waals surface area contributed by atoms with Gasteiger partial charge >= 0.3 is 0 Å². The van der Waals surface area contributed by atoms with Crippen LogP contribution in [-0.4, -0.2) is 20.3 Å². The third kappa shape index (κ3) is 4.46. The normalized spacial score (nSPS) is 14.1. The number of nitrogens with two attached hydrogens (primary N) is 1. The van der Waals surface area contributed by atoms with Gasteiger partial charge in [-0.2, -0.15) is 0 Å². The van der Waals surface area contributed by atoms with Crippen LogP contribution in [0.15, 0.2) is 41.4 Å². The van der Waals surface area contributed by atoms with E-state index < -0.39 is 0 Å². The van der Waals surface area contributed by atoms with Crippen molar-refractivity contribution in [3.63, 3.8) is 0 Å². The number of pyridine rings is 1. The lowest BCUT2D eigenvalue weighted by atomic mass is 10.2. The van der Waals surface area contributed by atoms with Gasteiger partial charge in [0.1, 0.15) is 11.3 Å². The van der Waals surface area contributed by atoms with Crippen LogP contribution in [0.25, 0.3) is 11.0 Å². The molecule has 4 nitrogen and oxygen atoms in total. The average molecular weight is 381 g/mol. The van der Waals surface area contributed by atoms with Crippen LogP contribution in [0.3, 0.4) is 0 Å². The third-order valence-electron chi connectivity index (χ3n) is 5.27. The van der Waals surface area contributed by atoms with E-state index in [9.17, 15) is 0 Å². The first-order valence-electron chi connectivity index (χ1n) is 10.0. The summed E-state index contributed by atoms with van der Waals surface area (Å²) in [4.78, 5) is 10.5. The van der Waals surface area contributed by atoms with Crippen molar-refractivity contribution in [2.24, 2.45) is 5.92 Å². The Hall–Kier alpha value is -2.01. The van der Waals surface area contributed by atoms with E-state index in [0.29, 0.717) is 5.82 Å². The highest BCUT2D eigenvalue weighted by Crippen LogP contribution is 2.34. The van der Waals surface area contributed by atoms with E-state index in [1.165, 1.54) is 59.7 Å². The van der Waals surface area contributed by atoms with Crippen molar-refractivity contribution in [2.75, 3.05) is 11.5 Å². The molecule has 1 aliphatic carbocycles. The molecule has 0 spiro atoms. The average Bonchev–Trinajstić information content (AvgIpc) is 3.42. The van der Waals surface area contributed by atoms with Gasteiger partial charge in [0.15, 0.2) is 5.82 Å². The largest absolute Gasteiger partial charge is 0.382 e. The summed E-state index contributed by atoms with van der Waals surface area (Å²) >= 11 is 1.95. The molecule has 0 unspecified atom stereocenters. The molecule has 1 aromatic carbocycles. The number of nitrogens with zero attached hydrogens (tertiary/aromatic N) is 3. The Morgan fingerprint density at radius 1 is 1.15 bits per heavy atom. The summed E-state index contributed by atoms with van der Waals surface area (Å²) in [5.41, 5.74) is 9.37. The molecule has 1 saturated carbocycles. The van der Waals surface area contributed by atoms with Crippen molar-refractivity contribution < 1.29 is 0 Å². The highest BCUT2D eigenvalue weighted by molar-refractivity contribution is 7.99. The lowest BCUT2D eigenvalue weighted by molar-refractivity contribution is 0.582. The summed E-state index contributed by atoms with van der Waals surface area (Å²) in [6.07, 6.45) is 9.30. The van der Waals surface area contributed by atoms with Crippen molar-refractivity contribution in [1.29, 1.82) is 0 Å². The minimum Gasteiger partial charge on any atom is -0.382 e. The number of hydrogen-bond donors (Lipinski definition) is 1. The third-order valence-corrected chi connectivity index (χ3v) is 6.36. The standard InChI is InChI=1S/C22H28N4S/c1-16-15-24-22(23)20-21(16)26(19(25-20)14-17-10-11-17)12-6-3-7-13-27-18-8-4-2-5-9-18/h2,4-5,8-9,15,17H,3,6-7,10-14H2,1H3,(H2,23,24). The number of aryl methyl sites for hydroxylation is 2. The van der Waals surface area contributed by atoms with E-state index >= 15 is 0 Å². The van der Waals surface area contributed by atoms with Crippen molar-refractivity contribution >= 4 is 28.6 Å². The van der Waals surface area contributed by atoms with Gasteiger partial charge in [0.25, 0.3) is 0 Å². The second-order valence-electron chi connectivity index (χ2n) is 7.57. The molecule has 2 heterocycles. The Balaban J connectivity index is 1.38. The molecule has 4 rings (SSSR count). The SMILES string of the molecule is Cc1cnc(N)c2nc(CC3CC3)n(CCCCCSc3ccccc3)c12. The Morgan fingerprint density at radius 3 is 2.74 bits per heavy atom. The lowest BCUT2D eigenvalue weighted by Gasteiger charge is -2.10. The van der Waals surface area contributed by atoms with Crippen LogP contribution in [-0.2, 0) is 13.0 Å². The molecule has 0 radical (unpaired) electrons. The first kappa shape index (κ1) is 18.4. The summed E-state index contributed by atoms with van der Waals surface area (Å²) in [6, 6.07) is 10.7. The van der Waals surface area contributed by atoms with Gasteiger partial charge in [-0.3, -0.25) is 0 Å². The lowest BCUT2D eigenvalue weighted by Crippen LogP contribution is -2.06. The fraction of sp³-hybridized carbons (Fsp3) is 0.455. The number of aromatic nitrogens is 3. The minimum absolute atomic E-state index is 0.561. The number of imidazole rings is 1. The first-order chi connectivity index (χ1) is 13.2. The van der Waals surface area contributed by atoms with Crippen molar-refractivity contribution in [2.45, 2.75) is 56.9 Å². The summed E-state index contributed by atoms with van der Waals surface area (Å²) in [5.74, 6) is 3.76. The summed E-state index contributed by atoms with van der Waals surface area (Å²) < 4.78 is 2.42. The van der Waals surface area contributed by atoms with E-state index in [0.717, 1.165) is 24.4 Å². The van der Waals surface area contributed by atoms with E-state index in [2.05, 4.69) is 46.8 Å². The molecule has 2 aromatic heterocycles. The smallest absolute Gasteiger partial charge is 0.151 e. The van der Waals surface area contributed by atoms with Crippen LogP contribution in [0.4, 0.5) is 5.82 Å². The minimum atomic E-state index is 0.561. The van der Waals surface area contributed by atoms with E-state index in [1.54, 1.807) is 0 Å². The molecule has 142 valence electrons. The summed E-state index contributed by atoms with van der Waals surface area (Å²) in [6.45, 7) is 3.14. The molecule has 1 fully saturated rings. The molecule has 0 saturated heterocycles. The first-order valence-corrected chi connectivity index (χ1v) is 11.0. The molecule has 2 N–H and O–H groups in total. The fourth-order valence-corrected chi connectivity index (χ4v) is 4.53. The zero-order chi connectivity index (χ0) is 18.6. The van der Waals surface area contributed by atoms with E-state index in [4.69, 9.17) is 10.7 Å². The molecule has 0 bridgehead atoms. The van der Waals surface area contributed by atoms with Crippen molar-refractivity contribution in [1.82, 2.24) is 14.5 Å². The van der Waals surface area contributed by atoms with Gasteiger partial charge in [0.2, 0.25) is 0 Å². The quantitative estimate of drug-likeness (QED) is 0.407. The van der Waals surface area contributed by atoms with Crippen LogP contribution in [0.1, 0.15) is 43.5 Å². The molecule has 1 aliphatic rings. The zero-order valence-corrected chi connectivity index (χ0v) is 16.8. The fourth-order valence-electron chi connectivity index (χ4n) is 3.60. The number of nitrogen functional groups attached to an aromatic ring is 1. The number of fused-ring (bicyclic) bond motifs is 1. The predicted octanol–water partition coefficient (Wildman–Crippen LogP) is 5.24. The molecule has 3 aromatic rings. The number of anilines is 1. The molecular formula is C22H28N4S. The van der Waals surface area contributed by atoms with Gasteiger partial charge in [-0.25, -0.2) is 9.97 Å². The molecule has 27 heavy (non-hydrogen) atoms. The number of rotatable bonds is 9. The summed E-state index contributed by atoms with van der Waals surface area (Å²) in [5, 5.41) is 0. The second-order valence-corrected chi connectivity index (χ2v) is 8.74. The van der Waals surface area contributed by atoms with Crippen LogP contribution in [0.5, 0.6) is 0 Å². The molecular weight excluding hydrogens is 352 g/mol. The Labute approximate surface area is 165 Å². The van der Waals surface area contributed by atoms with Crippen molar-refractivity contribution in [3.8, 4) is 0 Å². The van der Waals surface area contributed by atoms with Crippen LogP contribution in [0.2, 0.25) is 0 Å². The highest BCUT2D eigenvalue weighted by Gasteiger charge is 2.25. The molecule has 5 heteroatoms. The Bertz CT molecular complexity index is 900. The number of hydrogen-bond acceptors (Lipinski definition) is 4. The van der Waals surface area contributed by atoms with Gasteiger partial charge in [0, 0.05) is 24.1 Å². The van der Waals surface area contributed by atoms with Crippen LogP contribution >= 0.6 is 11.8 Å². The predicted molar refractivity (Wildman–Crippen MR) is 114 cm³/mol. The van der Waals surface area contributed by atoms with Gasteiger partial charge < -0.3 is 10.3 Å². The van der Waals surface area contributed by atoms with Gasteiger partial charge in [-0.05, 0) is 62.0 Å². The maximum atomic E-state index is 6.11. The molecule has 0 amide bonds. The number of benzene rings is 1. The van der Waals surface area contributed by atoms with Gasteiger partial charge in [0.05, 0.1) is 5.52 Å². The van der Waals surface area contributed by atoms with E-state index in [-0.39, 0.29) is 0 Å². The second kappa shape index (κ2) is 8.34. The number of thioether (sulfide) groups is 1. The molecule has 0 atom stereocenters. The van der Waals surface area contributed by atoms with E-state index in [1.807, 2.05) is 18.0 Å². The topological polar surface area (TPSA) is 56.7 Å². The zero-order valence-electron chi connectivity index (χ0n) is 16.0. The van der Waals surface area contributed by atoms with Crippen molar-refractivity contribution in [3.05, 3.63) is 47.9 Å². The van der Waals surface area contributed by atoms with Gasteiger partial charge in [-0.15, -0.1) is 11.8 Å².